The van der Waals surface area contributed by atoms with Crippen molar-refractivity contribution < 1.29 is 0 Å². The normalized spacial score (nSPS) is 9.21. The van der Waals surface area contributed by atoms with Crippen molar-refractivity contribution >= 4 is 0 Å². The molecule has 1 radical (unpaired) electrons. The van der Waals surface area contributed by atoms with Gasteiger partial charge >= 0.3 is 0 Å². The van der Waals surface area contributed by atoms with Gasteiger partial charge < -0.3 is 0 Å². The van der Waals surface area contributed by atoms with Crippen LogP contribution in [0.5, 0.6) is 0 Å². The van der Waals surface area contributed by atoms with Gasteiger partial charge in [-0.2, -0.15) is 0 Å². The molecule has 0 heteroatoms. The van der Waals surface area contributed by atoms with E-state index in [-0.39, 0.29) is 0 Å². The van der Waals surface area contributed by atoms with Gasteiger partial charge in [0.15, 0.2) is 0 Å². The molecule has 1 aromatic rings. The van der Waals surface area contributed by atoms with E-state index < -0.39 is 0 Å². The number of hydrogen-bond donors (Lipinski definition) is 0. The maximum absolute atomic E-state index is 3.68. The molecule has 0 spiro atoms. The van der Waals surface area contributed by atoms with Gasteiger partial charge in [0.25, 0.3) is 0 Å². The van der Waals surface area contributed by atoms with E-state index in [1.807, 2.05) is 0 Å². The first kappa shape index (κ1) is 10.9. The monoisotopic (exact) mass is 185 g/mol. The van der Waals surface area contributed by atoms with Gasteiger partial charge in [-0.3, -0.25) is 0 Å². The van der Waals surface area contributed by atoms with E-state index in [1.54, 1.807) is 0 Å². The Labute approximate surface area is 87.4 Å². The predicted molar refractivity (Wildman–Crippen MR) is 61.7 cm³/mol. The quantitative estimate of drug-likeness (QED) is 0.496. The molecule has 0 saturated carbocycles. The molecular formula is C14H17. The summed E-state index contributed by atoms with van der Waals surface area (Å²) in [6.07, 6.45) is 5.35. The highest BCUT2D eigenvalue weighted by atomic mass is 14.0. The lowest BCUT2D eigenvalue weighted by atomic mass is 10.1. The lowest BCUT2D eigenvalue weighted by Gasteiger charge is -1.98. The van der Waals surface area contributed by atoms with Crippen LogP contribution < -0.4 is 0 Å². The molecule has 1 rings (SSSR count). The Bertz CT molecular complexity index is 287. The number of aryl methyl sites for hydroxylation is 1. The van der Waals surface area contributed by atoms with E-state index in [4.69, 9.17) is 0 Å². The Hall–Kier alpha value is -1.22. The zero-order valence-corrected chi connectivity index (χ0v) is 8.63. The average molecular weight is 185 g/mol. The second-order valence-corrected chi connectivity index (χ2v) is 3.30. The summed E-state index contributed by atoms with van der Waals surface area (Å²) < 4.78 is 0. The minimum atomic E-state index is 0.735. The van der Waals surface area contributed by atoms with Crippen molar-refractivity contribution in [2.75, 3.05) is 0 Å². The number of rotatable bonds is 4. The third kappa shape index (κ3) is 4.72. The van der Waals surface area contributed by atoms with Gasteiger partial charge in [-0.15, -0.1) is 11.8 Å². The zero-order chi connectivity index (χ0) is 10.1. The second kappa shape index (κ2) is 7.21. The molecule has 14 heavy (non-hydrogen) atoms. The Morgan fingerprint density at radius 2 is 1.79 bits per heavy atom. The molecule has 0 aliphatic rings. The molecule has 0 aliphatic heterocycles. The first-order valence-corrected chi connectivity index (χ1v) is 5.22. The molecule has 0 atom stereocenters. The molecule has 0 unspecified atom stereocenters. The molecule has 1 aromatic carbocycles. The highest BCUT2D eigenvalue weighted by Gasteiger charge is 1.90. The second-order valence-electron chi connectivity index (χ2n) is 3.30. The van der Waals surface area contributed by atoms with Crippen LogP contribution in [0.15, 0.2) is 30.3 Å². The van der Waals surface area contributed by atoms with E-state index in [0.717, 1.165) is 12.8 Å². The molecular weight excluding hydrogens is 168 g/mol. The molecule has 0 N–H and O–H groups in total. The molecule has 0 aromatic heterocycles. The SMILES string of the molecule is [CH2]CC#CCCCCc1ccccc1. The first-order chi connectivity index (χ1) is 6.93. The highest BCUT2D eigenvalue weighted by Crippen LogP contribution is 2.05. The summed E-state index contributed by atoms with van der Waals surface area (Å²) in [5.41, 5.74) is 1.43. The van der Waals surface area contributed by atoms with Crippen LogP contribution in [0.25, 0.3) is 0 Å². The fourth-order valence-corrected chi connectivity index (χ4v) is 1.36. The van der Waals surface area contributed by atoms with Crippen molar-refractivity contribution in [1.82, 2.24) is 0 Å². The summed E-state index contributed by atoms with van der Waals surface area (Å²) in [6, 6.07) is 10.6. The molecule has 0 nitrogen and oxygen atoms in total. The third-order valence-corrected chi connectivity index (χ3v) is 2.11. The van der Waals surface area contributed by atoms with Crippen LogP contribution in [-0.2, 0) is 6.42 Å². The minimum Gasteiger partial charge on any atom is -0.103 e. The van der Waals surface area contributed by atoms with Crippen LogP contribution in [0, 0.1) is 18.8 Å². The lowest BCUT2D eigenvalue weighted by molar-refractivity contribution is 0.756. The first-order valence-electron chi connectivity index (χ1n) is 5.22. The van der Waals surface area contributed by atoms with Gasteiger partial charge in [-0.05, 0) is 31.7 Å². The van der Waals surface area contributed by atoms with Gasteiger partial charge in [0.1, 0.15) is 0 Å². The van der Waals surface area contributed by atoms with E-state index in [2.05, 4.69) is 49.1 Å². The Morgan fingerprint density at radius 3 is 2.50 bits per heavy atom. The predicted octanol–water partition coefficient (Wildman–Crippen LogP) is 3.63. The Morgan fingerprint density at radius 1 is 1.00 bits per heavy atom. The summed E-state index contributed by atoms with van der Waals surface area (Å²) in [7, 11) is 0. The molecule has 0 bridgehead atoms. The number of benzene rings is 1. The van der Waals surface area contributed by atoms with Crippen molar-refractivity contribution in [3.05, 3.63) is 42.8 Å². The van der Waals surface area contributed by atoms with Crippen molar-refractivity contribution in [2.45, 2.75) is 32.1 Å². The molecule has 0 fully saturated rings. The maximum Gasteiger partial charge on any atom is 0.00890 e. The van der Waals surface area contributed by atoms with E-state index in [0.29, 0.717) is 0 Å². The number of unbranched alkanes of at least 4 members (excludes halogenated alkanes) is 2. The molecule has 0 amide bonds. The Balaban J connectivity index is 2.10. The molecule has 73 valence electrons. The summed E-state index contributed by atoms with van der Waals surface area (Å²) >= 11 is 0. The van der Waals surface area contributed by atoms with Crippen molar-refractivity contribution in [1.29, 1.82) is 0 Å². The fourth-order valence-electron chi connectivity index (χ4n) is 1.36. The smallest absolute Gasteiger partial charge is 0.00890 e. The van der Waals surface area contributed by atoms with Crippen LogP contribution in [-0.4, -0.2) is 0 Å². The zero-order valence-electron chi connectivity index (χ0n) is 8.63. The molecule has 0 aliphatic carbocycles. The van der Waals surface area contributed by atoms with Gasteiger partial charge in [-0.25, -0.2) is 0 Å². The molecule has 0 heterocycles. The summed E-state index contributed by atoms with van der Waals surface area (Å²) in [6.45, 7) is 3.68. The average Bonchev–Trinajstić information content (AvgIpc) is 2.25. The van der Waals surface area contributed by atoms with Crippen LogP contribution in [0.4, 0.5) is 0 Å². The van der Waals surface area contributed by atoms with Crippen LogP contribution in [0.1, 0.15) is 31.2 Å². The van der Waals surface area contributed by atoms with Gasteiger partial charge in [0, 0.05) is 12.8 Å². The third-order valence-electron chi connectivity index (χ3n) is 2.11. The van der Waals surface area contributed by atoms with Crippen molar-refractivity contribution in [3.8, 4) is 11.8 Å². The number of hydrogen-bond acceptors (Lipinski definition) is 0. The fraction of sp³-hybridized carbons (Fsp3) is 0.357. The maximum atomic E-state index is 3.68. The van der Waals surface area contributed by atoms with Crippen LogP contribution >= 0.6 is 0 Å². The minimum absolute atomic E-state index is 0.735. The van der Waals surface area contributed by atoms with Crippen LogP contribution in [0.2, 0.25) is 0 Å². The topological polar surface area (TPSA) is 0 Å². The van der Waals surface area contributed by atoms with E-state index in [1.165, 1.54) is 24.8 Å². The van der Waals surface area contributed by atoms with E-state index in [9.17, 15) is 0 Å². The summed E-state index contributed by atoms with van der Waals surface area (Å²) in [5, 5.41) is 0. The van der Waals surface area contributed by atoms with E-state index >= 15 is 0 Å². The van der Waals surface area contributed by atoms with Gasteiger partial charge in [0.05, 0.1) is 0 Å². The molecule has 0 saturated heterocycles. The highest BCUT2D eigenvalue weighted by molar-refractivity contribution is 5.14. The van der Waals surface area contributed by atoms with Gasteiger partial charge in [-0.1, -0.05) is 30.3 Å². The Kier molecular flexibility index (Phi) is 5.59. The standard InChI is InChI=1S/C14H17/c1-2-3-4-5-6-8-11-14-12-9-7-10-13-14/h7,9-10,12-13H,1-2,5-6,8,11H2. The van der Waals surface area contributed by atoms with Gasteiger partial charge in [0.2, 0.25) is 0 Å². The summed E-state index contributed by atoms with van der Waals surface area (Å²) in [5.74, 6) is 6.09. The lowest BCUT2D eigenvalue weighted by Crippen LogP contribution is -1.83. The van der Waals surface area contributed by atoms with Crippen molar-refractivity contribution in [3.63, 3.8) is 0 Å². The van der Waals surface area contributed by atoms with Crippen molar-refractivity contribution in [2.24, 2.45) is 0 Å². The summed E-state index contributed by atoms with van der Waals surface area (Å²) in [4.78, 5) is 0. The largest absolute Gasteiger partial charge is 0.103 e. The van der Waals surface area contributed by atoms with Crippen LogP contribution in [0.3, 0.4) is 0 Å².